The van der Waals surface area contributed by atoms with Gasteiger partial charge in [-0.15, -0.1) is 0 Å². The maximum absolute atomic E-state index is 4.14. The fourth-order valence-corrected chi connectivity index (χ4v) is 1.90. The Morgan fingerprint density at radius 3 is 2.67 bits per heavy atom. The summed E-state index contributed by atoms with van der Waals surface area (Å²) in [4.78, 5) is 6.54. The second-order valence-electron chi connectivity index (χ2n) is 4.13. The highest BCUT2D eigenvalue weighted by atomic mass is 15.1. The highest BCUT2D eigenvalue weighted by Crippen LogP contribution is 2.29. The van der Waals surface area contributed by atoms with Crippen molar-refractivity contribution in [3.05, 3.63) is 30.1 Å². The van der Waals surface area contributed by atoms with E-state index in [0.717, 1.165) is 0 Å². The first-order chi connectivity index (χ1) is 7.29. The first kappa shape index (κ1) is 12.2. The summed E-state index contributed by atoms with van der Waals surface area (Å²) in [5.41, 5.74) is 1.36. The van der Waals surface area contributed by atoms with Crippen molar-refractivity contribution in [2.24, 2.45) is 0 Å². The van der Waals surface area contributed by atoms with Gasteiger partial charge in [-0.1, -0.05) is 26.3 Å². The minimum absolute atomic E-state index is 0.610. The minimum atomic E-state index is 0.610. The molecule has 0 N–H and O–H groups in total. The Bertz CT molecular complexity index is 258. The molecule has 2 nitrogen and oxygen atoms in total. The van der Waals surface area contributed by atoms with Crippen LogP contribution < -0.4 is 0 Å². The van der Waals surface area contributed by atoms with Crippen LogP contribution in [-0.4, -0.2) is 23.5 Å². The molecule has 2 heterocycles. The third kappa shape index (κ3) is 3.63. The summed E-state index contributed by atoms with van der Waals surface area (Å²) in [5, 5.41) is 0. The Kier molecular flexibility index (Phi) is 5.33. The summed E-state index contributed by atoms with van der Waals surface area (Å²) >= 11 is 0. The monoisotopic (exact) mass is 206 g/mol. The van der Waals surface area contributed by atoms with Crippen LogP contribution in [0, 0.1) is 0 Å². The van der Waals surface area contributed by atoms with Gasteiger partial charge < -0.3 is 0 Å². The maximum Gasteiger partial charge on any atom is 0.0360 e. The molecule has 1 aliphatic rings. The number of likely N-dealkylation sites (tertiary alicyclic amines) is 1. The molecule has 0 radical (unpaired) electrons. The van der Waals surface area contributed by atoms with Gasteiger partial charge in [0.2, 0.25) is 0 Å². The van der Waals surface area contributed by atoms with E-state index in [1.807, 2.05) is 18.5 Å². The Labute approximate surface area is 93.3 Å². The molecule has 2 rings (SSSR count). The molecule has 1 aliphatic heterocycles. The van der Waals surface area contributed by atoms with Crippen molar-refractivity contribution in [2.45, 2.75) is 39.2 Å². The Morgan fingerprint density at radius 2 is 2.20 bits per heavy atom. The third-order valence-electron chi connectivity index (χ3n) is 2.59. The van der Waals surface area contributed by atoms with Crippen molar-refractivity contribution < 1.29 is 0 Å². The van der Waals surface area contributed by atoms with E-state index in [1.54, 1.807) is 0 Å². The maximum atomic E-state index is 4.14. The molecule has 0 bridgehead atoms. The molecule has 0 amide bonds. The molecule has 0 saturated carbocycles. The van der Waals surface area contributed by atoms with Crippen LogP contribution in [0.1, 0.15) is 44.7 Å². The van der Waals surface area contributed by atoms with Crippen LogP contribution in [0.2, 0.25) is 0 Å². The van der Waals surface area contributed by atoms with E-state index in [1.165, 1.54) is 31.4 Å². The SMILES string of the molecule is CCC.CN1CCC[C@H]1c1cccnc1. The summed E-state index contributed by atoms with van der Waals surface area (Å²) in [6, 6.07) is 4.79. The minimum Gasteiger partial charge on any atom is -0.299 e. The fraction of sp³-hybridized carbons (Fsp3) is 0.615. The molecular weight excluding hydrogens is 184 g/mol. The van der Waals surface area contributed by atoms with Crippen LogP contribution in [0.5, 0.6) is 0 Å². The van der Waals surface area contributed by atoms with Crippen molar-refractivity contribution in [2.75, 3.05) is 13.6 Å². The summed E-state index contributed by atoms with van der Waals surface area (Å²) in [5.74, 6) is 0. The van der Waals surface area contributed by atoms with Gasteiger partial charge in [-0.2, -0.15) is 0 Å². The average Bonchev–Trinajstić information content (AvgIpc) is 2.67. The average molecular weight is 206 g/mol. The summed E-state index contributed by atoms with van der Waals surface area (Å²) in [6.45, 7) is 5.47. The zero-order valence-electron chi connectivity index (χ0n) is 10.1. The van der Waals surface area contributed by atoms with E-state index >= 15 is 0 Å². The van der Waals surface area contributed by atoms with Gasteiger partial charge in [-0.05, 0) is 38.1 Å². The lowest BCUT2D eigenvalue weighted by Gasteiger charge is -2.18. The molecule has 0 aliphatic carbocycles. The number of hydrogen-bond donors (Lipinski definition) is 0. The zero-order chi connectivity index (χ0) is 11.1. The van der Waals surface area contributed by atoms with E-state index in [2.05, 4.69) is 36.8 Å². The molecule has 15 heavy (non-hydrogen) atoms. The molecule has 1 saturated heterocycles. The quantitative estimate of drug-likeness (QED) is 0.701. The van der Waals surface area contributed by atoms with Crippen LogP contribution in [0.25, 0.3) is 0 Å². The largest absolute Gasteiger partial charge is 0.299 e. The summed E-state index contributed by atoms with van der Waals surface area (Å²) in [7, 11) is 2.19. The topological polar surface area (TPSA) is 16.1 Å². The van der Waals surface area contributed by atoms with Gasteiger partial charge in [-0.3, -0.25) is 9.88 Å². The predicted octanol–water partition coefficient (Wildman–Crippen LogP) is 3.26. The Hall–Kier alpha value is -0.890. The van der Waals surface area contributed by atoms with E-state index in [0.29, 0.717) is 6.04 Å². The highest BCUT2D eigenvalue weighted by molar-refractivity contribution is 5.14. The van der Waals surface area contributed by atoms with Gasteiger partial charge in [0.15, 0.2) is 0 Å². The highest BCUT2D eigenvalue weighted by Gasteiger charge is 2.21. The first-order valence-corrected chi connectivity index (χ1v) is 5.89. The number of aromatic nitrogens is 1. The van der Waals surface area contributed by atoms with Gasteiger partial charge in [0.25, 0.3) is 0 Å². The first-order valence-electron chi connectivity index (χ1n) is 5.89. The van der Waals surface area contributed by atoms with Gasteiger partial charge in [-0.25, -0.2) is 0 Å². The van der Waals surface area contributed by atoms with Crippen LogP contribution in [0.4, 0.5) is 0 Å². The van der Waals surface area contributed by atoms with Gasteiger partial charge in [0.05, 0.1) is 0 Å². The van der Waals surface area contributed by atoms with E-state index in [-0.39, 0.29) is 0 Å². The second kappa shape index (κ2) is 6.57. The molecule has 1 aromatic heterocycles. The van der Waals surface area contributed by atoms with E-state index in [4.69, 9.17) is 0 Å². The van der Waals surface area contributed by atoms with Gasteiger partial charge >= 0.3 is 0 Å². The second-order valence-corrected chi connectivity index (χ2v) is 4.13. The van der Waals surface area contributed by atoms with E-state index in [9.17, 15) is 0 Å². The Balaban J connectivity index is 0.000000337. The van der Waals surface area contributed by atoms with Crippen molar-refractivity contribution in [3.63, 3.8) is 0 Å². The molecule has 84 valence electrons. The number of nitrogens with zero attached hydrogens (tertiary/aromatic N) is 2. The molecule has 0 aromatic carbocycles. The smallest absolute Gasteiger partial charge is 0.0360 e. The standard InChI is InChI=1S/C10H14N2.C3H8/c1-12-7-3-5-10(12)9-4-2-6-11-8-9;1-3-2/h2,4,6,8,10H,3,5,7H2,1H3;3H2,1-2H3/t10-;/m0./s1. The number of hydrogen-bond acceptors (Lipinski definition) is 2. The van der Waals surface area contributed by atoms with Gasteiger partial charge in [0.1, 0.15) is 0 Å². The molecule has 0 unspecified atom stereocenters. The normalized spacial score (nSPS) is 20.9. The predicted molar refractivity (Wildman–Crippen MR) is 64.8 cm³/mol. The van der Waals surface area contributed by atoms with Crippen molar-refractivity contribution >= 4 is 0 Å². The third-order valence-corrected chi connectivity index (χ3v) is 2.59. The van der Waals surface area contributed by atoms with Crippen molar-refractivity contribution in [1.82, 2.24) is 9.88 Å². The summed E-state index contributed by atoms with van der Waals surface area (Å²) in [6.07, 6.45) is 7.66. The molecule has 1 fully saturated rings. The number of pyridine rings is 1. The summed E-state index contributed by atoms with van der Waals surface area (Å²) < 4.78 is 0. The van der Waals surface area contributed by atoms with Crippen molar-refractivity contribution in [3.8, 4) is 0 Å². The van der Waals surface area contributed by atoms with Crippen LogP contribution in [0.3, 0.4) is 0 Å². The fourth-order valence-electron chi connectivity index (χ4n) is 1.90. The molecule has 1 aromatic rings. The van der Waals surface area contributed by atoms with Crippen LogP contribution in [0.15, 0.2) is 24.5 Å². The molecular formula is C13H22N2. The lowest BCUT2D eigenvalue weighted by molar-refractivity contribution is 0.317. The number of rotatable bonds is 1. The van der Waals surface area contributed by atoms with Gasteiger partial charge in [0, 0.05) is 18.4 Å². The zero-order valence-corrected chi connectivity index (χ0v) is 10.1. The molecule has 0 spiro atoms. The van der Waals surface area contributed by atoms with Crippen molar-refractivity contribution in [1.29, 1.82) is 0 Å². The lowest BCUT2D eigenvalue weighted by atomic mass is 10.1. The molecule has 1 atom stereocenters. The lowest BCUT2D eigenvalue weighted by Crippen LogP contribution is -2.17. The van der Waals surface area contributed by atoms with E-state index < -0.39 is 0 Å². The molecule has 2 heteroatoms. The van der Waals surface area contributed by atoms with Crippen LogP contribution in [-0.2, 0) is 0 Å². The Morgan fingerprint density at radius 1 is 1.47 bits per heavy atom. The van der Waals surface area contributed by atoms with Crippen LogP contribution >= 0.6 is 0 Å².